The summed E-state index contributed by atoms with van der Waals surface area (Å²) in [7, 11) is 0. The molecule has 0 saturated carbocycles. The summed E-state index contributed by atoms with van der Waals surface area (Å²) in [6, 6.07) is 15.5. The largest absolute Gasteiger partial charge is 0.491 e. The van der Waals surface area contributed by atoms with Crippen LogP contribution in [0.2, 0.25) is 5.02 Å². The zero-order chi connectivity index (χ0) is 23.5. The number of rotatable bonds is 8. The summed E-state index contributed by atoms with van der Waals surface area (Å²) in [5, 5.41) is 16.4. The van der Waals surface area contributed by atoms with Gasteiger partial charge in [-0.1, -0.05) is 28.9 Å². The molecule has 0 radical (unpaired) electrons. The second-order valence-electron chi connectivity index (χ2n) is 8.57. The molecule has 4 aromatic rings. The van der Waals surface area contributed by atoms with E-state index in [0.717, 1.165) is 65.0 Å². The third-order valence-corrected chi connectivity index (χ3v) is 7.21. The number of hydrogen-bond acceptors (Lipinski definition) is 8. The third kappa shape index (κ3) is 5.59. The van der Waals surface area contributed by atoms with Crippen molar-refractivity contribution in [1.29, 1.82) is 0 Å². The highest BCUT2D eigenvalue weighted by Gasteiger charge is 2.21. The number of halogens is 1. The topological polar surface area (TPSA) is 74.9 Å². The fourth-order valence-corrected chi connectivity index (χ4v) is 5.23. The van der Waals surface area contributed by atoms with E-state index in [1.165, 1.54) is 0 Å². The number of aliphatic hydroxyl groups is 1. The van der Waals surface area contributed by atoms with Crippen molar-refractivity contribution >= 4 is 33.2 Å². The lowest BCUT2D eigenvalue weighted by Crippen LogP contribution is -2.48. The van der Waals surface area contributed by atoms with E-state index in [1.54, 1.807) is 11.3 Å². The normalized spacial score (nSPS) is 16.2. The second-order valence-corrected chi connectivity index (χ2v) is 10.2. The molecule has 1 aliphatic heterocycles. The Kier molecular flexibility index (Phi) is 7.12. The Morgan fingerprint density at radius 2 is 1.91 bits per heavy atom. The van der Waals surface area contributed by atoms with Gasteiger partial charge in [-0.05, 0) is 31.2 Å². The van der Waals surface area contributed by atoms with Crippen LogP contribution in [-0.4, -0.2) is 70.5 Å². The summed E-state index contributed by atoms with van der Waals surface area (Å²) >= 11 is 7.93. The van der Waals surface area contributed by atoms with Gasteiger partial charge < -0.3 is 14.4 Å². The number of nitrogens with zero attached hydrogens (tertiary/aromatic N) is 4. The molecule has 5 rings (SSSR count). The standard InChI is InChI=1S/C25H27ClN4O3S/c1-17-27-23-13-20(6-7-25(23)34-17)32-16-19(31)15-30-10-8-29(9-11-30)14-18-12-24(33-28-18)21-4-2-3-5-22(21)26/h2-7,12-13,19,31H,8-11,14-16H2,1H3. The van der Waals surface area contributed by atoms with Crippen LogP contribution in [0, 0.1) is 6.92 Å². The molecule has 1 atom stereocenters. The third-order valence-electron chi connectivity index (χ3n) is 5.93. The van der Waals surface area contributed by atoms with E-state index < -0.39 is 6.10 Å². The minimum Gasteiger partial charge on any atom is -0.491 e. The van der Waals surface area contributed by atoms with Gasteiger partial charge in [-0.25, -0.2) is 4.98 Å². The van der Waals surface area contributed by atoms with Crippen LogP contribution in [0.1, 0.15) is 10.7 Å². The van der Waals surface area contributed by atoms with Gasteiger partial charge >= 0.3 is 0 Å². The molecule has 1 fully saturated rings. The Hall–Kier alpha value is -2.49. The molecule has 9 heteroatoms. The zero-order valence-electron chi connectivity index (χ0n) is 19.0. The van der Waals surface area contributed by atoms with Crippen LogP contribution >= 0.6 is 22.9 Å². The Balaban J connectivity index is 1.06. The van der Waals surface area contributed by atoms with Crippen LogP contribution in [0.4, 0.5) is 0 Å². The van der Waals surface area contributed by atoms with E-state index in [2.05, 4.69) is 19.9 Å². The molecular weight excluding hydrogens is 472 g/mol. The van der Waals surface area contributed by atoms with Gasteiger partial charge in [0.15, 0.2) is 5.76 Å². The maximum absolute atomic E-state index is 10.5. The molecule has 7 nitrogen and oxygen atoms in total. The summed E-state index contributed by atoms with van der Waals surface area (Å²) in [4.78, 5) is 9.12. The Labute approximate surface area is 207 Å². The summed E-state index contributed by atoms with van der Waals surface area (Å²) in [6.07, 6.45) is -0.548. The predicted molar refractivity (Wildman–Crippen MR) is 135 cm³/mol. The van der Waals surface area contributed by atoms with Gasteiger partial charge in [-0.3, -0.25) is 9.80 Å². The lowest BCUT2D eigenvalue weighted by atomic mass is 10.1. The number of ether oxygens (including phenoxy) is 1. The van der Waals surface area contributed by atoms with Crippen LogP contribution in [0.3, 0.4) is 0 Å². The SMILES string of the molecule is Cc1nc2cc(OCC(O)CN3CCN(Cc4cc(-c5ccccc5Cl)on4)CC3)ccc2s1. The number of piperazine rings is 1. The van der Waals surface area contributed by atoms with Crippen molar-refractivity contribution in [2.45, 2.75) is 19.6 Å². The Morgan fingerprint density at radius 1 is 1.12 bits per heavy atom. The minimum absolute atomic E-state index is 0.263. The van der Waals surface area contributed by atoms with Gasteiger partial charge in [-0.2, -0.15) is 0 Å². The molecule has 2 aromatic carbocycles. The van der Waals surface area contributed by atoms with Gasteiger partial charge in [0.05, 0.1) is 25.9 Å². The van der Waals surface area contributed by atoms with E-state index >= 15 is 0 Å². The summed E-state index contributed by atoms with van der Waals surface area (Å²) < 4.78 is 12.5. The molecule has 1 saturated heterocycles. The van der Waals surface area contributed by atoms with Crippen molar-refractivity contribution in [2.75, 3.05) is 39.3 Å². The van der Waals surface area contributed by atoms with E-state index in [0.29, 0.717) is 17.3 Å². The molecule has 1 N–H and O–H groups in total. The molecule has 0 amide bonds. The van der Waals surface area contributed by atoms with Gasteiger partial charge in [-0.15, -0.1) is 11.3 Å². The summed E-state index contributed by atoms with van der Waals surface area (Å²) in [6.45, 7) is 7.16. The predicted octanol–water partition coefficient (Wildman–Crippen LogP) is 4.47. The molecule has 0 aliphatic carbocycles. The van der Waals surface area contributed by atoms with Crippen molar-refractivity contribution < 1.29 is 14.4 Å². The molecule has 3 heterocycles. The average Bonchev–Trinajstić information content (AvgIpc) is 3.44. The quantitative estimate of drug-likeness (QED) is 0.384. The first-order chi connectivity index (χ1) is 16.5. The lowest BCUT2D eigenvalue weighted by molar-refractivity contribution is 0.0442. The highest BCUT2D eigenvalue weighted by Crippen LogP contribution is 2.28. The number of aryl methyl sites for hydroxylation is 1. The fourth-order valence-electron chi connectivity index (χ4n) is 4.19. The minimum atomic E-state index is -0.548. The van der Waals surface area contributed by atoms with Crippen molar-refractivity contribution in [3.8, 4) is 17.1 Å². The van der Waals surface area contributed by atoms with Crippen molar-refractivity contribution in [3.63, 3.8) is 0 Å². The number of aliphatic hydroxyl groups excluding tert-OH is 1. The molecule has 34 heavy (non-hydrogen) atoms. The first-order valence-electron chi connectivity index (χ1n) is 11.4. The van der Waals surface area contributed by atoms with Crippen LogP contribution in [0.25, 0.3) is 21.5 Å². The first-order valence-corrected chi connectivity index (χ1v) is 12.6. The summed E-state index contributed by atoms with van der Waals surface area (Å²) in [5.41, 5.74) is 2.69. The van der Waals surface area contributed by atoms with Crippen LogP contribution in [-0.2, 0) is 6.54 Å². The number of aromatic nitrogens is 2. The van der Waals surface area contributed by atoms with Gasteiger partial charge in [0, 0.05) is 57.0 Å². The van der Waals surface area contributed by atoms with E-state index in [-0.39, 0.29) is 6.61 Å². The molecule has 178 valence electrons. The lowest BCUT2D eigenvalue weighted by Gasteiger charge is -2.35. The molecule has 0 bridgehead atoms. The second kappa shape index (κ2) is 10.4. The van der Waals surface area contributed by atoms with Crippen LogP contribution in [0.15, 0.2) is 53.1 Å². The zero-order valence-corrected chi connectivity index (χ0v) is 20.6. The van der Waals surface area contributed by atoms with Gasteiger partial charge in [0.2, 0.25) is 0 Å². The van der Waals surface area contributed by atoms with Crippen LogP contribution in [0.5, 0.6) is 5.75 Å². The van der Waals surface area contributed by atoms with Gasteiger partial charge in [0.1, 0.15) is 18.5 Å². The maximum Gasteiger partial charge on any atom is 0.168 e. The van der Waals surface area contributed by atoms with E-state index in [9.17, 15) is 5.11 Å². The van der Waals surface area contributed by atoms with E-state index in [4.69, 9.17) is 20.9 Å². The highest BCUT2D eigenvalue weighted by atomic mass is 35.5. The van der Waals surface area contributed by atoms with Crippen molar-refractivity contribution in [3.05, 3.63) is 64.3 Å². The van der Waals surface area contributed by atoms with Crippen molar-refractivity contribution in [1.82, 2.24) is 19.9 Å². The number of β-amino-alcohol motifs (C(OH)–C–C–N with tert-alkyl or cyclic N) is 1. The smallest absolute Gasteiger partial charge is 0.168 e. The molecule has 1 aliphatic rings. The molecule has 0 spiro atoms. The maximum atomic E-state index is 10.5. The number of fused-ring (bicyclic) bond motifs is 1. The average molecular weight is 499 g/mol. The molecule has 1 unspecified atom stereocenters. The Bertz CT molecular complexity index is 1250. The number of benzene rings is 2. The molecule has 2 aromatic heterocycles. The van der Waals surface area contributed by atoms with Crippen LogP contribution < -0.4 is 4.74 Å². The van der Waals surface area contributed by atoms with Gasteiger partial charge in [0.25, 0.3) is 0 Å². The summed E-state index contributed by atoms with van der Waals surface area (Å²) in [5.74, 6) is 1.43. The number of thiazole rings is 1. The van der Waals surface area contributed by atoms with E-state index in [1.807, 2.05) is 55.5 Å². The van der Waals surface area contributed by atoms with Crippen molar-refractivity contribution in [2.24, 2.45) is 0 Å². The Morgan fingerprint density at radius 3 is 2.74 bits per heavy atom. The fraction of sp³-hybridized carbons (Fsp3) is 0.360. The first kappa shape index (κ1) is 23.3. The number of hydrogen-bond donors (Lipinski definition) is 1. The molecular formula is C25H27ClN4O3S. The monoisotopic (exact) mass is 498 g/mol. The highest BCUT2D eigenvalue weighted by molar-refractivity contribution is 7.18.